The van der Waals surface area contributed by atoms with Crippen LogP contribution in [-0.4, -0.2) is 22.9 Å². The molecule has 2 N–H and O–H groups in total. The van der Waals surface area contributed by atoms with Crippen LogP contribution in [0.4, 0.5) is 11.4 Å². The minimum absolute atomic E-state index is 0.0249. The van der Waals surface area contributed by atoms with E-state index in [1.165, 1.54) is 25.3 Å². The molecule has 1 aliphatic carbocycles. The molecule has 5 nitrogen and oxygen atoms in total. The van der Waals surface area contributed by atoms with Gasteiger partial charge in [0.25, 0.3) is 5.69 Å². The second-order valence-electron chi connectivity index (χ2n) is 5.75. The third-order valence-corrected chi connectivity index (χ3v) is 4.57. The Kier molecular flexibility index (Phi) is 3.14. The maximum Gasteiger partial charge on any atom is 0.292 e. The molecule has 2 aliphatic rings. The Morgan fingerprint density at radius 2 is 2.00 bits per heavy atom. The summed E-state index contributed by atoms with van der Waals surface area (Å²) < 4.78 is 0. The van der Waals surface area contributed by atoms with Crippen molar-refractivity contribution in [1.82, 2.24) is 4.90 Å². The van der Waals surface area contributed by atoms with E-state index < -0.39 is 4.92 Å². The van der Waals surface area contributed by atoms with E-state index in [0.717, 1.165) is 37.0 Å². The lowest BCUT2D eigenvalue weighted by Gasteiger charge is -2.17. The van der Waals surface area contributed by atoms with Crippen molar-refractivity contribution in [1.29, 1.82) is 0 Å². The maximum absolute atomic E-state index is 10.9. The Bertz CT molecular complexity index is 491. The molecule has 1 aromatic rings. The number of nitro benzene ring substituents is 1. The first-order valence-corrected chi connectivity index (χ1v) is 6.89. The van der Waals surface area contributed by atoms with Crippen molar-refractivity contribution in [3.8, 4) is 0 Å². The molecular formula is C14H19N3O2. The van der Waals surface area contributed by atoms with E-state index in [2.05, 4.69) is 4.90 Å². The van der Waals surface area contributed by atoms with E-state index in [1.807, 2.05) is 6.07 Å². The summed E-state index contributed by atoms with van der Waals surface area (Å²) in [7, 11) is 0. The number of nitro groups is 1. The number of nitrogen functional groups attached to an aromatic ring is 1. The van der Waals surface area contributed by atoms with E-state index in [0.29, 0.717) is 5.69 Å². The molecule has 3 rings (SSSR count). The normalized spacial score (nSPS) is 26.5. The molecule has 102 valence electrons. The average molecular weight is 261 g/mol. The van der Waals surface area contributed by atoms with Crippen LogP contribution in [-0.2, 0) is 6.54 Å². The van der Waals surface area contributed by atoms with Gasteiger partial charge in [-0.05, 0) is 30.2 Å². The monoisotopic (exact) mass is 261 g/mol. The second kappa shape index (κ2) is 4.81. The summed E-state index contributed by atoms with van der Waals surface area (Å²) in [5.41, 5.74) is 7.14. The summed E-state index contributed by atoms with van der Waals surface area (Å²) in [5, 5.41) is 10.9. The number of fused-ring (bicyclic) bond motifs is 1. The highest BCUT2D eigenvalue weighted by atomic mass is 16.6. The predicted octanol–water partition coefficient (Wildman–Crippen LogP) is 2.41. The minimum atomic E-state index is -0.405. The summed E-state index contributed by atoms with van der Waals surface area (Å²) in [5.74, 6) is 1.67. The van der Waals surface area contributed by atoms with Gasteiger partial charge in [-0.3, -0.25) is 15.0 Å². The third kappa shape index (κ3) is 2.30. The van der Waals surface area contributed by atoms with Gasteiger partial charge in [-0.25, -0.2) is 0 Å². The van der Waals surface area contributed by atoms with Crippen molar-refractivity contribution in [3.05, 3.63) is 33.9 Å². The van der Waals surface area contributed by atoms with Gasteiger partial charge in [0.1, 0.15) is 5.69 Å². The SMILES string of the molecule is Nc1c(CN2CC3CCCC3C2)cccc1[N+](=O)[O-]. The van der Waals surface area contributed by atoms with Crippen LogP contribution < -0.4 is 5.73 Å². The Hall–Kier alpha value is -1.62. The molecule has 2 fully saturated rings. The zero-order chi connectivity index (χ0) is 13.4. The Balaban J connectivity index is 1.74. The number of para-hydroxylation sites is 1. The van der Waals surface area contributed by atoms with Crippen LogP contribution in [0.15, 0.2) is 18.2 Å². The van der Waals surface area contributed by atoms with Crippen LogP contribution >= 0.6 is 0 Å². The smallest absolute Gasteiger partial charge is 0.292 e. The van der Waals surface area contributed by atoms with E-state index in [9.17, 15) is 10.1 Å². The standard InChI is InChI=1S/C14H19N3O2/c15-14-12(5-2-6-13(14)17(18)19)9-16-7-10-3-1-4-11(10)8-16/h2,5-6,10-11H,1,3-4,7-9,15H2. The van der Waals surface area contributed by atoms with Crippen molar-refractivity contribution in [3.63, 3.8) is 0 Å². The van der Waals surface area contributed by atoms with E-state index in [-0.39, 0.29) is 5.69 Å². The van der Waals surface area contributed by atoms with Crippen molar-refractivity contribution < 1.29 is 4.92 Å². The van der Waals surface area contributed by atoms with Gasteiger partial charge in [-0.15, -0.1) is 0 Å². The quantitative estimate of drug-likeness (QED) is 0.515. The maximum atomic E-state index is 10.9. The van der Waals surface area contributed by atoms with Crippen molar-refractivity contribution in [2.24, 2.45) is 11.8 Å². The van der Waals surface area contributed by atoms with Gasteiger partial charge in [0.2, 0.25) is 0 Å². The van der Waals surface area contributed by atoms with Crippen LogP contribution in [0.1, 0.15) is 24.8 Å². The topological polar surface area (TPSA) is 72.4 Å². The number of likely N-dealkylation sites (tertiary alicyclic amines) is 1. The lowest BCUT2D eigenvalue weighted by molar-refractivity contribution is -0.384. The third-order valence-electron chi connectivity index (χ3n) is 4.57. The largest absolute Gasteiger partial charge is 0.393 e. The van der Waals surface area contributed by atoms with Gasteiger partial charge in [0, 0.05) is 25.7 Å². The van der Waals surface area contributed by atoms with Crippen molar-refractivity contribution >= 4 is 11.4 Å². The van der Waals surface area contributed by atoms with Gasteiger partial charge >= 0.3 is 0 Å². The van der Waals surface area contributed by atoms with Crippen LogP contribution in [0.3, 0.4) is 0 Å². The van der Waals surface area contributed by atoms with Gasteiger partial charge in [0.05, 0.1) is 4.92 Å². The fourth-order valence-electron chi connectivity index (χ4n) is 3.60. The molecule has 1 aliphatic heterocycles. The summed E-state index contributed by atoms with van der Waals surface area (Å²) in [6.07, 6.45) is 4.04. The van der Waals surface area contributed by atoms with Gasteiger partial charge in [-0.1, -0.05) is 18.6 Å². The fourth-order valence-corrected chi connectivity index (χ4v) is 3.60. The highest BCUT2D eigenvalue weighted by Crippen LogP contribution is 2.38. The molecule has 1 saturated carbocycles. The zero-order valence-electron chi connectivity index (χ0n) is 10.9. The Morgan fingerprint density at radius 3 is 2.63 bits per heavy atom. The van der Waals surface area contributed by atoms with E-state index in [4.69, 9.17) is 5.73 Å². The number of hydrogen-bond donors (Lipinski definition) is 1. The molecule has 0 aromatic heterocycles. The molecule has 2 atom stereocenters. The molecule has 5 heteroatoms. The van der Waals surface area contributed by atoms with Gasteiger partial charge < -0.3 is 5.73 Å². The fraction of sp³-hybridized carbons (Fsp3) is 0.571. The first-order chi connectivity index (χ1) is 9.15. The van der Waals surface area contributed by atoms with Crippen LogP contribution in [0.2, 0.25) is 0 Å². The lowest BCUT2D eigenvalue weighted by atomic mass is 10.0. The van der Waals surface area contributed by atoms with Crippen molar-refractivity contribution in [2.45, 2.75) is 25.8 Å². The first kappa shape index (κ1) is 12.4. The van der Waals surface area contributed by atoms with Crippen LogP contribution in [0.5, 0.6) is 0 Å². The number of nitrogens with two attached hydrogens (primary N) is 1. The highest BCUT2D eigenvalue weighted by molar-refractivity contribution is 5.62. The van der Waals surface area contributed by atoms with Crippen LogP contribution in [0, 0.1) is 22.0 Å². The number of nitrogens with zero attached hydrogens (tertiary/aromatic N) is 2. The van der Waals surface area contributed by atoms with Gasteiger partial charge in [-0.2, -0.15) is 0 Å². The number of anilines is 1. The number of hydrogen-bond acceptors (Lipinski definition) is 4. The molecule has 1 aromatic carbocycles. The number of rotatable bonds is 3. The molecule has 1 saturated heterocycles. The lowest BCUT2D eigenvalue weighted by Crippen LogP contribution is -2.21. The summed E-state index contributed by atoms with van der Waals surface area (Å²) in [6, 6.07) is 5.09. The molecule has 0 bridgehead atoms. The zero-order valence-corrected chi connectivity index (χ0v) is 10.9. The molecule has 19 heavy (non-hydrogen) atoms. The number of benzene rings is 1. The predicted molar refractivity (Wildman–Crippen MR) is 73.6 cm³/mol. The first-order valence-electron chi connectivity index (χ1n) is 6.89. The molecule has 0 spiro atoms. The van der Waals surface area contributed by atoms with E-state index >= 15 is 0 Å². The molecule has 0 radical (unpaired) electrons. The van der Waals surface area contributed by atoms with E-state index in [1.54, 1.807) is 6.07 Å². The molecule has 0 amide bonds. The van der Waals surface area contributed by atoms with Crippen LogP contribution in [0.25, 0.3) is 0 Å². The highest BCUT2D eigenvalue weighted by Gasteiger charge is 2.36. The summed E-state index contributed by atoms with van der Waals surface area (Å²) in [6.45, 7) is 2.97. The second-order valence-corrected chi connectivity index (χ2v) is 5.75. The Labute approximate surface area is 112 Å². The summed E-state index contributed by atoms with van der Waals surface area (Å²) in [4.78, 5) is 12.9. The van der Waals surface area contributed by atoms with Gasteiger partial charge in [0.15, 0.2) is 0 Å². The molecule has 2 unspecified atom stereocenters. The molecule has 1 heterocycles. The Morgan fingerprint density at radius 1 is 1.32 bits per heavy atom. The van der Waals surface area contributed by atoms with Crippen molar-refractivity contribution in [2.75, 3.05) is 18.8 Å². The average Bonchev–Trinajstić information content (AvgIpc) is 2.92. The summed E-state index contributed by atoms with van der Waals surface area (Å²) >= 11 is 0. The minimum Gasteiger partial charge on any atom is -0.393 e. The molecular weight excluding hydrogens is 242 g/mol.